The molecule has 2 aromatic carbocycles. The molecule has 1 atom stereocenters. The number of hydrogen-bond donors (Lipinski definition) is 1. The van der Waals surface area contributed by atoms with Crippen LogP contribution >= 0.6 is 0 Å². The maximum Gasteiger partial charge on any atom is 0.264 e. The average Bonchev–Trinajstić information content (AvgIpc) is 2.82. The van der Waals surface area contributed by atoms with Crippen LogP contribution in [0, 0.1) is 5.82 Å². The van der Waals surface area contributed by atoms with E-state index in [4.69, 9.17) is 5.14 Å². The van der Waals surface area contributed by atoms with E-state index in [1.54, 1.807) is 6.92 Å². The van der Waals surface area contributed by atoms with E-state index in [0.29, 0.717) is 17.7 Å². The van der Waals surface area contributed by atoms with Crippen molar-refractivity contribution < 1.29 is 21.2 Å². The van der Waals surface area contributed by atoms with Gasteiger partial charge in [-0.25, -0.2) is 26.4 Å². The van der Waals surface area contributed by atoms with Crippen LogP contribution in [-0.4, -0.2) is 22.9 Å². The number of sulfonamides is 2. The van der Waals surface area contributed by atoms with Crippen LogP contribution in [0.3, 0.4) is 0 Å². The predicted molar refractivity (Wildman–Crippen MR) is 87.0 cm³/mol. The zero-order valence-electron chi connectivity index (χ0n) is 12.7. The van der Waals surface area contributed by atoms with E-state index in [1.165, 1.54) is 34.6 Å². The molecule has 128 valence electrons. The minimum Gasteiger partial charge on any atom is -0.263 e. The van der Waals surface area contributed by atoms with Gasteiger partial charge in [0.1, 0.15) is 5.82 Å². The monoisotopic (exact) mass is 370 g/mol. The molecular formula is C15H15FN2O4S2. The van der Waals surface area contributed by atoms with Crippen LogP contribution in [0.15, 0.2) is 52.3 Å². The van der Waals surface area contributed by atoms with Crippen molar-refractivity contribution in [1.82, 2.24) is 0 Å². The summed E-state index contributed by atoms with van der Waals surface area (Å²) in [6.45, 7) is 1.72. The molecule has 2 N–H and O–H groups in total. The standard InChI is InChI=1S/C15H15FN2O4S2/c1-10-8-11-9-14(23(17,19)20)6-7-15(11)18(10)24(21,22)13-4-2-12(16)3-5-13/h2-7,9-10H,8H2,1H3,(H2,17,19,20)/t10-/m0/s1. The lowest BCUT2D eigenvalue weighted by molar-refractivity contribution is 0.583. The van der Waals surface area contributed by atoms with E-state index < -0.39 is 31.9 Å². The summed E-state index contributed by atoms with van der Waals surface area (Å²) in [7, 11) is -7.74. The van der Waals surface area contributed by atoms with Gasteiger partial charge in [0, 0.05) is 6.04 Å². The maximum atomic E-state index is 13.0. The summed E-state index contributed by atoms with van der Waals surface area (Å²) in [5.74, 6) is -0.526. The van der Waals surface area contributed by atoms with E-state index in [0.717, 1.165) is 12.1 Å². The minimum absolute atomic E-state index is 0.0286. The van der Waals surface area contributed by atoms with Gasteiger partial charge in [-0.15, -0.1) is 0 Å². The second-order valence-electron chi connectivity index (χ2n) is 5.64. The van der Waals surface area contributed by atoms with Gasteiger partial charge in [0.15, 0.2) is 0 Å². The Kier molecular flexibility index (Phi) is 3.89. The number of rotatable bonds is 3. The molecule has 0 unspecified atom stereocenters. The molecule has 1 aliphatic heterocycles. The van der Waals surface area contributed by atoms with Crippen LogP contribution in [0.4, 0.5) is 10.1 Å². The van der Waals surface area contributed by atoms with Crippen molar-refractivity contribution in [3.8, 4) is 0 Å². The first-order valence-corrected chi connectivity index (χ1v) is 10.0. The molecule has 1 heterocycles. The Morgan fingerprint density at radius 2 is 1.62 bits per heavy atom. The number of benzene rings is 2. The predicted octanol–water partition coefficient (Wildman–Crippen LogP) is 1.61. The molecule has 0 saturated carbocycles. The van der Waals surface area contributed by atoms with E-state index in [2.05, 4.69) is 0 Å². The van der Waals surface area contributed by atoms with Crippen molar-refractivity contribution in [2.24, 2.45) is 5.14 Å². The third-order valence-corrected chi connectivity index (χ3v) is 6.76. The lowest BCUT2D eigenvalue weighted by atomic mass is 10.1. The zero-order chi connectivity index (χ0) is 17.7. The van der Waals surface area contributed by atoms with E-state index in [9.17, 15) is 21.2 Å². The maximum absolute atomic E-state index is 13.0. The number of halogens is 1. The van der Waals surface area contributed by atoms with Crippen molar-refractivity contribution in [3.05, 3.63) is 53.8 Å². The van der Waals surface area contributed by atoms with Gasteiger partial charge in [0.25, 0.3) is 10.0 Å². The lowest BCUT2D eigenvalue weighted by Gasteiger charge is -2.24. The molecule has 0 aliphatic carbocycles. The molecule has 24 heavy (non-hydrogen) atoms. The Labute approximate surface area is 139 Å². The number of nitrogens with two attached hydrogens (primary N) is 1. The highest BCUT2D eigenvalue weighted by Gasteiger charge is 2.36. The van der Waals surface area contributed by atoms with Crippen LogP contribution < -0.4 is 9.44 Å². The largest absolute Gasteiger partial charge is 0.264 e. The highest BCUT2D eigenvalue weighted by atomic mass is 32.2. The molecule has 0 spiro atoms. The molecule has 0 amide bonds. The number of hydrogen-bond acceptors (Lipinski definition) is 4. The van der Waals surface area contributed by atoms with Gasteiger partial charge in [0.2, 0.25) is 10.0 Å². The number of nitrogens with zero attached hydrogens (tertiary/aromatic N) is 1. The first-order valence-electron chi connectivity index (χ1n) is 7.06. The highest BCUT2D eigenvalue weighted by molar-refractivity contribution is 7.93. The Morgan fingerprint density at radius 1 is 1.04 bits per heavy atom. The van der Waals surface area contributed by atoms with Gasteiger partial charge < -0.3 is 0 Å². The Morgan fingerprint density at radius 3 is 2.21 bits per heavy atom. The lowest BCUT2D eigenvalue weighted by Crippen LogP contribution is -2.35. The molecule has 2 aromatic rings. The smallest absolute Gasteiger partial charge is 0.263 e. The van der Waals surface area contributed by atoms with Gasteiger partial charge in [-0.05, 0) is 61.4 Å². The van der Waals surface area contributed by atoms with Gasteiger partial charge in [-0.2, -0.15) is 0 Å². The van der Waals surface area contributed by atoms with Crippen LogP contribution in [-0.2, 0) is 26.5 Å². The van der Waals surface area contributed by atoms with Crippen LogP contribution in [0.5, 0.6) is 0 Å². The molecule has 3 rings (SSSR count). The number of primary sulfonamides is 1. The zero-order valence-corrected chi connectivity index (χ0v) is 14.3. The Bertz CT molecular complexity index is 1000. The van der Waals surface area contributed by atoms with E-state index in [1.807, 2.05) is 0 Å². The summed E-state index contributed by atoms with van der Waals surface area (Å²) in [4.78, 5) is -0.0893. The molecule has 0 bridgehead atoms. The third-order valence-electron chi connectivity index (χ3n) is 3.90. The SMILES string of the molecule is C[C@H]1Cc2cc(S(N)(=O)=O)ccc2N1S(=O)(=O)c1ccc(F)cc1. The van der Waals surface area contributed by atoms with Gasteiger partial charge >= 0.3 is 0 Å². The first-order chi connectivity index (χ1) is 11.1. The van der Waals surface area contributed by atoms with E-state index in [-0.39, 0.29) is 9.79 Å². The number of anilines is 1. The summed E-state index contributed by atoms with van der Waals surface area (Å²) in [5.41, 5.74) is 0.985. The fourth-order valence-corrected chi connectivity index (χ4v) is 5.10. The van der Waals surface area contributed by atoms with Crippen molar-refractivity contribution in [1.29, 1.82) is 0 Å². The molecule has 0 fully saturated rings. The topological polar surface area (TPSA) is 97.5 Å². The van der Waals surface area contributed by atoms with Crippen molar-refractivity contribution >= 4 is 25.7 Å². The summed E-state index contributed by atoms with van der Waals surface area (Å²) in [5, 5.41) is 5.12. The fourth-order valence-electron chi connectivity index (χ4n) is 2.84. The quantitative estimate of drug-likeness (QED) is 0.887. The van der Waals surface area contributed by atoms with Gasteiger partial charge in [-0.1, -0.05) is 0 Å². The first kappa shape index (κ1) is 16.9. The van der Waals surface area contributed by atoms with Crippen LogP contribution in [0.2, 0.25) is 0 Å². The summed E-state index contributed by atoms with van der Waals surface area (Å²) < 4.78 is 62.9. The highest BCUT2D eigenvalue weighted by Crippen LogP contribution is 2.37. The third kappa shape index (κ3) is 2.79. The Balaban J connectivity index is 2.10. The molecule has 6 nitrogen and oxygen atoms in total. The van der Waals surface area contributed by atoms with Gasteiger partial charge in [0.05, 0.1) is 15.5 Å². The van der Waals surface area contributed by atoms with Crippen LogP contribution in [0.1, 0.15) is 12.5 Å². The normalized spacial score (nSPS) is 17.8. The molecule has 0 saturated heterocycles. The average molecular weight is 370 g/mol. The molecule has 0 aromatic heterocycles. The second-order valence-corrected chi connectivity index (χ2v) is 9.02. The van der Waals surface area contributed by atoms with Gasteiger partial charge in [-0.3, -0.25) is 4.31 Å². The van der Waals surface area contributed by atoms with Crippen molar-refractivity contribution in [3.63, 3.8) is 0 Å². The summed E-state index contributed by atoms with van der Waals surface area (Å²) in [6, 6.07) is 8.27. The molecule has 1 aliphatic rings. The minimum atomic E-state index is -3.88. The van der Waals surface area contributed by atoms with Crippen molar-refractivity contribution in [2.45, 2.75) is 29.2 Å². The molecule has 0 radical (unpaired) electrons. The number of fused-ring (bicyclic) bond motifs is 1. The summed E-state index contributed by atoms with van der Waals surface area (Å²) in [6.07, 6.45) is 0.360. The summed E-state index contributed by atoms with van der Waals surface area (Å²) >= 11 is 0. The molecular weight excluding hydrogens is 355 g/mol. The Hall–Kier alpha value is -1.97. The van der Waals surface area contributed by atoms with Crippen molar-refractivity contribution in [2.75, 3.05) is 4.31 Å². The second kappa shape index (κ2) is 5.54. The van der Waals surface area contributed by atoms with E-state index >= 15 is 0 Å². The molecule has 9 heteroatoms. The fraction of sp³-hybridized carbons (Fsp3) is 0.200. The van der Waals surface area contributed by atoms with Crippen LogP contribution in [0.25, 0.3) is 0 Å².